The second kappa shape index (κ2) is 9.23. The average Bonchev–Trinajstić information content (AvgIpc) is 2.50. The molecule has 2 N–H and O–H groups in total. The van der Waals surface area contributed by atoms with Crippen LogP contribution in [0, 0.1) is 16.0 Å². The number of benzene rings is 1. The van der Waals surface area contributed by atoms with Crippen LogP contribution in [0.5, 0.6) is 0 Å². The van der Waals surface area contributed by atoms with Crippen LogP contribution in [0.25, 0.3) is 0 Å². The summed E-state index contributed by atoms with van der Waals surface area (Å²) in [7, 11) is 0. The smallest absolute Gasteiger partial charge is 0.411 e. The maximum Gasteiger partial charge on any atom is 0.411 e. The van der Waals surface area contributed by atoms with E-state index in [2.05, 4.69) is 10.6 Å². The average molecular weight is 325 g/mol. The third kappa shape index (κ3) is 7.65. The molecule has 0 saturated carbocycles. The predicted molar refractivity (Wildman–Crippen MR) is 82.3 cm³/mol. The minimum Gasteiger partial charge on any atom is -0.449 e. The van der Waals surface area contributed by atoms with E-state index >= 15 is 0 Å². The van der Waals surface area contributed by atoms with E-state index in [0.717, 1.165) is 0 Å². The van der Waals surface area contributed by atoms with E-state index in [1.165, 1.54) is 24.3 Å². The third-order valence-corrected chi connectivity index (χ3v) is 2.48. The number of carbonyl (C=O) groups is 2. The molecule has 9 heteroatoms. The Morgan fingerprint density at radius 2 is 1.83 bits per heavy atom. The summed E-state index contributed by atoms with van der Waals surface area (Å²) in [6.07, 6.45) is -1.30. The first-order valence-corrected chi connectivity index (χ1v) is 6.97. The highest BCUT2D eigenvalue weighted by Gasteiger charge is 2.08. The fourth-order valence-corrected chi connectivity index (χ4v) is 1.41. The Balaban J connectivity index is 2.21. The standard InChI is InChI=1S/C14H19N3O6/c1-10(2)9-23-13(18)15-7-8-22-14(19)16-11-3-5-12(6-4-11)17(20)21/h3-6,10H,7-9H2,1-2H3,(H,15,18)(H,16,19). The van der Waals surface area contributed by atoms with Crippen LogP contribution in [-0.2, 0) is 9.47 Å². The van der Waals surface area contributed by atoms with Gasteiger partial charge in [-0.2, -0.15) is 0 Å². The largest absolute Gasteiger partial charge is 0.449 e. The van der Waals surface area contributed by atoms with Crippen LogP contribution in [0.1, 0.15) is 13.8 Å². The highest BCUT2D eigenvalue weighted by Crippen LogP contribution is 2.15. The fourth-order valence-electron chi connectivity index (χ4n) is 1.41. The van der Waals surface area contributed by atoms with Gasteiger partial charge >= 0.3 is 12.2 Å². The van der Waals surface area contributed by atoms with Crippen LogP contribution < -0.4 is 10.6 Å². The summed E-state index contributed by atoms with van der Waals surface area (Å²) in [6, 6.07) is 5.31. The molecule has 1 aromatic carbocycles. The topological polar surface area (TPSA) is 120 Å². The van der Waals surface area contributed by atoms with Gasteiger partial charge in [-0.15, -0.1) is 0 Å². The van der Waals surface area contributed by atoms with Gasteiger partial charge in [0.1, 0.15) is 6.61 Å². The molecule has 0 spiro atoms. The van der Waals surface area contributed by atoms with Crippen molar-refractivity contribution in [1.29, 1.82) is 0 Å². The molecular formula is C14H19N3O6. The van der Waals surface area contributed by atoms with Crippen molar-refractivity contribution in [2.75, 3.05) is 25.1 Å². The van der Waals surface area contributed by atoms with Gasteiger partial charge < -0.3 is 14.8 Å². The van der Waals surface area contributed by atoms with Crippen LogP contribution in [0.2, 0.25) is 0 Å². The molecule has 0 heterocycles. The number of anilines is 1. The van der Waals surface area contributed by atoms with Gasteiger partial charge in [-0.25, -0.2) is 9.59 Å². The first kappa shape index (κ1) is 18.2. The van der Waals surface area contributed by atoms with Crippen LogP contribution >= 0.6 is 0 Å². The monoisotopic (exact) mass is 325 g/mol. The number of nitro benzene ring substituents is 1. The van der Waals surface area contributed by atoms with Gasteiger partial charge in [0.05, 0.1) is 18.1 Å². The van der Waals surface area contributed by atoms with Gasteiger partial charge in [-0.1, -0.05) is 13.8 Å². The normalized spacial score (nSPS) is 10.0. The van der Waals surface area contributed by atoms with E-state index in [1.807, 2.05) is 13.8 Å². The number of nitro groups is 1. The minimum atomic E-state index is -0.726. The van der Waals surface area contributed by atoms with E-state index in [0.29, 0.717) is 12.3 Å². The van der Waals surface area contributed by atoms with E-state index < -0.39 is 17.1 Å². The Morgan fingerprint density at radius 1 is 1.17 bits per heavy atom. The zero-order valence-corrected chi connectivity index (χ0v) is 12.9. The summed E-state index contributed by atoms with van der Waals surface area (Å²) in [5.74, 6) is 0.240. The highest BCUT2D eigenvalue weighted by molar-refractivity contribution is 5.84. The van der Waals surface area contributed by atoms with E-state index in [1.54, 1.807) is 0 Å². The minimum absolute atomic E-state index is 0.0321. The molecule has 0 unspecified atom stereocenters. The molecule has 0 fully saturated rings. The molecule has 0 aliphatic carbocycles. The fraction of sp³-hybridized carbons (Fsp3) is 0.429. The molecule has 0 saturated heterocycles. The Morgan fingerprint density at radius 3 is 2.39 bits per heavy atom. The predicted octanol–water partition coefficient (Wildman–Crippen LogP) is 2.53. The van der Waals surface area contributed by atoms with Gasteiger partial charge in [0, 0.05) is 17.8 Å². The molecule has 0 bridgehead atoms. The Bertz CT molecular complexity index is 544. The van der Waals surface area contributed by atoms with Crippen LogP contribution in [0.3, 0.4) is 0 Å². The number of alkyl carbamates (subject to hydrolysis) is 1. The van der Waals surface area contributed by atoms with Crippen molar-refractivity contribution < 1.29 is 24.0 Å². The molecule has 0 radical (unpaired) electrons. The number of rotatable bonds is 7. The van der Waals surface area contributed by atoms with E-state index in [4.69, 9.17) is 9.47 Å². The number of amides is 2. The van der Waals surface area contributed by atoms with Gasteiger partial charge in [-0.05, 0) is 18.1 Å². The summed E-state index contributed by atoms with van der Waals surface area (Å²) in [6.45, 7) is 4.23. The Kier molecular flexibility index (Phi) is 7.31. The summed E-state index contributed by atoms with van der Waals surface area (Å²) >= 11 is 0. The van der Waals surface area contributed by atoms with Crippen LogP contribution in [-0.4, -0.2) is 36.9 Å². The summed E-state index contributed by atoms with van der Waals surface area (Å²) in [5, 5.41) is 15.3. The van der Waals surface area contributed by atoms with Gasteiger partial charge in [0.15, 0.2) is 0 Å². The molecule has 2 amide bonds. The highest BCUT2D eigenvalue weighted by atomic mass is 16.6. The number of non-ortho nitro benzene ring substituents is 1. The molecule has 23 heavy (non-hydrogen) atoms. The maximum absolute atomic E-state index is 11.5. The third-order valence-electron chi connectivity index (χ3n) is 2.48. The molecular weight excluding hydrogens is 306 g/mol. The van der Waals surface area contributed by atoms with Crippen molar-refractivity contribution in [1.82, 2.24) is 5.32 Å². The SMILES string of the molecule is CC(C)COC(=O)NCCOC(=O)Nc1ccc([N+](=O)[O-])cc1. The second-order valence-electron chi connectivity index (χ2n) is 4.98. The van der Waals surface area contributed by atoms with Gasteiger partial charge in [0.2, 0.25) is 0 Å². The van der Waals surface area contributed by atoms with Crippen LogP contribution in [0.15, 0.2) is 24.3 Å². The summed E-state index contributed by atoms with van der Waals surface area (Å²) < 4.78 is 9.72. The molecule has 1 aromatic rings. The molecule has 9 nitrogen and oxygen atoms in total. The zero-order valence-electron chi connectivity index (χ0n) is 12.9. The molecule has 0 atom stereocenters. The summed E-state index contributed by atoms with van der Waals surface area (Å²) in [4.78, 5) is 32.7. The Hall–Kier alpha value is -2.84. The van der Waals surface area contributed by atoms with Gasteiger partial charge in [0.25, 0.3) is 5.69 Å². The summed E-state index contributed by atoms with van der Waals surface area (Å²) in [5.41, 5.74) is 0.290. The van der Waals surface area contributed by atoms with E-state index in [-0.39, 0.29) is 24.8 Å². The molecule has 126 valence electrons. The van der Waals surface area contributed by atoms with Crippen molar-refractivity contribution in [3.8, 4) is 0 Å². The number of hydrogen-bond acceptors (Lipinski definition) is 6. The van der Waals surface area contributed by atoms with Crippen LogP contribution in [0.4, 0.5) is 21.0 Å². The molecule has 0 aliphatic rings. The number of hydrogen-bond donors (Lipinski definition) is 2. The van der Waals surface area contributed by atoms with Crippen molar-refractivity contribution in [3.05, 3.63) is 34.4 Å². The van der Waals surface area contributed by atoms with Crippen molar-refractivity contribution in [2.45, 2.75) is 13.8 Å². The molecule has 0 aliphatic heterocycles. The first-order chi connectivity index (χ1) is 10.9. The van der Waals surface area contributed by atoms with Crippen molar-refractivity contribution in [2.24, 2.45) is 5.92 Å². The lowest BCUT2D eigenvalue weighted by Crippen LogP contribution is -2.30. The quantitative estimate of drug-likeness (QED) is 0.451. The number of carbonyl (C=O) groups excluding carboxylic acids is 2. The lowest BCUT2D eigenvalue weighted by atomic mass is 10.2. The maximum atomic E-state index is 11.5. The number of nitrogens with zero attached hydrogens (tertiary/aromatic N) is 1. The number of nitrogens with one attached hydrogen (secondary N) is 2. The lowest BCUT2D eigenvalue weighted by molar-refractivity contribution is -0.384. The van der Waals surface area contributed by atoms with Gasteiger partial charge in [-0.3, -0.25) is 15.4 Å². The molecule has 0 aromatic heterocycles. The first-order valence-electron chi connectivity index (χ1n) is 6.97. The second-order valence-corrected chi connectivity index (χ2v) is 4.98. The van der Waals surface area contributed by atoms with Crippen molar-refractivity contribution >= 4 is 23.6 Å². The number of ether oxygens (including phenoxy) is 2. The zero-order chi connectivity index (χ0) is 17.2. The lowest BCUT2D eigenvalue weighted by Gasteiger charge is -2.09. The van der Waals surface area contributed by atoms with Crippen molar-refractivity contribution in [3.63, 3.8) is 0 Å². The molecule has 1 rings (SSSR count). The van der Waals surface area contributed by atoms with E-state index in [9.17, 15) is 19.7 Å². The Labute approximate surface area is 133 Å².